The van der Waals surface area contributed by atoms with Crippen molar-refractivity contribution in [2.75, 3.05) is 13.2 Å². The standard InChI is InChI=1S/C16H22O4/c1-3-5-11-19-15(17)13-9-7-8-10-14(13)16(18)20-12-6-4-2/h3-4,7,9,13-14H,1-2,5-6,8,10-12H2. The fraction of sp³-hybridized carbons (Fsp3) is 0.500. The summed E-state index contributed by atoms with van der Waals surface area (Å²) in [6, 6.07) is 0. The summed E-state index contributed by atoms with van der Waals surface area (Å²) in [5.74, 6) is -1.68. The van der Waals surface area contributed by atoms with Gasteiger partial charge < -0.3 is 9.47 Å². The van der Waals surface area contributed by atoms with Crippen molar-refractivity contribution < 1.29 is 19.1 Å². The summed E-state index contributed by atoms with van der Waals surface area (Å²) in [4.78, 5) is 24.0. The van der Waals surface area contributed by atoms with Gasteiger partial charge in [0.05, 0.1) is 25.0 Å². The molecule has 0 bridgehead atoms. The second-order valence-corrected chi connectivity index (χ2v) is 4.63. The maximum atomic E-state index is 12.0. The van der Waals surface area contributed by atoms with Crippen LogP contribution >= 0.6 is 0 Å². The lowest BCUT2D eigenvalue weighted by atomic mass is 9.84. The van der Waals surface area contributed by atoms with E-state index < -0.39 is 11.8 Å². The number of hydrogen-bond acceptors (Lipinski definition) is 4. The third-order valence-electron chi connectivity index (χ3n) is 3.13. The maximum absolute atomic E-state index is 12.0. The average molecular weight is 278 g/mol. The molecule has 1 rings (SSSR count). The van der Waals surface area contributed by atoms with E-state index in [1.165, 1.54) is 0 Å². The van der Waals surface area contributed by atoms with E-state index in [2.05, 4.69) is 13.2 Å². The molecule has 110 valence electrons. The topological polar surface area (TPSA) is 52.6 Å². The summed E-state index contributed by atoms with van der Waals surface area (Å²) < 4.78 is 10.3. The van der Waals surface area contributed by atoms with E-state index in [9.17, 15) is 9.59 Å². The molecule has 0 aromatic heterocycles. The highest BCUT2D eigenvalue weighted by atomic mass is 16.5. The molecule has 0 saturated heterocycles. The van der Waals surface area contributed by atoms with E-state index in [1.807, 2.05) is 6.08 Å². The molecule has 2 atom stereocenters. The summed E-state index contributed by atoms with van der Waals surface area (Å²) in [7, 11) is 0. The van der Waals surface area contributed by atoms with Gasteiger partial charge >= 0.3 is 11.9 Å². The number of rotatable bonds is 8. The Kier molecular flexibility index (Phi) is 7.40. The Morgan fingerprint density at radius 3 is 2.30 bits per heavy atom. The molecule has 4 nitrogen and oxygen atoms in total. The number of ether oxygens (including phenoxy) is 2. The van der Waals surface area contributed by atoms with Gasteiger partial charge in [-0.25, -0.2) is 0 Å². The lowest BCUT2D eigenvalue weighted by Crippen LogP contribution is -2.33. The van der Waals surface area contributed by atoms with Gasteiger partial charge in [-0.15, -0.1) is 13.2 Å². The molecule has 0 N–H and O–H groups in total. The molecule has 0 radical (unpaired) electrons. The summed E-state index contributed by atoms with van der Waals surface area (Å²) >= 11 is 0. The van der Waals surface area contributed by atoms with Crippen molar-refractivity contribution in [2.45, 2.75) is 25.7 Å². The highest BCUT2D eigenvalue weighted by molar-refractivity contribution is 5.83. The van der Waals surface area contributed by atoms with Gasteiger partial charge in [0.25, 0.3) is 0 Å². The molecule has 0 aliphatic heterocycles. The molecule has 0 heterocycles. The largest absolute Gasteiger partial charge is 0.465 e. The first-order valence-electron chi connectivity index (χ1n) is 6.92. The Morgan fingerprint density at radius 2 is 1.70 bits per heavy atom. The van der Waals surface area contributed by atoms with Crippen molar-refractivity contribution in [1.29, 1.82) is 0 Å². The molecule has 1 aliphatic carbocycles. The molecule has 0 saturated carbocycles. The zero-order chi connectivity index (χ0) is 14.8. The Bertz CT molecular complexity index is 384. The van der Waals surface area contributed by atoms with Gasteiger partial charge in [-0.2, -0.15) is 0 Å². The number of esters is 2. The second kappa shape index (κ2) is 9.13. The summed E-state index contributed by atoms with van der Waals surface area (Å²) in [6.45, 7) is 7.74. The first kappa shape index (κ1) is 16.2. The van der Waals surface area contributed by atoms with E-state index in [0.717, 1.165) is 6.42 Å². The maximum Gasteiger partial charge on any atom is 0.313 e. The third kappa shape index (κ3) is 5.03. The van der Waals surface area contributed by atoms with E-state index >= 15 is 0 Å². The Morgan fingerprint density at radius 1 is 1.10 bits per heavy atom. The van der Waals surface area contributed by atoms with Gasteiger partial charge in [0.2, 0.25) is 0 Å². The van der Waals surface area contributed by atoms with Crippen LogP contribution in [0.15, 0.2) is 37.5 Å². The fourth-order valence-electron chi connectivity index (χ4n) is 2.03. The van der Waals surface area contributed by atoms with E-state index in [1.54, 1.807) is 18.2 Å². The van der Waals surface area contributed by atoms with Gasteiger partial charge in [-0.3, -0.25) is 9.59 Å². The van der Waals surface area contributed by atoms with Crippen LogP contribution in [0.5, 0.6) is 0 Å². The van der Waals surface area contributed by atoms with Crippen LogP contribution in [0.2, 0.25) is 0 Å². The molecule has 1 aliphatic rings. The van der Waals surface area contributed by atoms with Crippen LogP contribution in [0.3, 0.4) is 0 Å². The van der Waals surface area contributed by atoms with Crippen molar-refractivity contribution in [3.05, 3.63) is 37.5 Å². The van der Waals surface area contributed by atoms with Crippen molar-refractivity contribution in [2.24, 2.45) is 11.8 Å². The molecule has 0 fully saturated rings. The molecular formula is C16H22O4. The smallest absolute Gasteiger partial charge is 0.313 e. The van der Waals surface area contributed by atoms with Crippen molar-refractivity contribution in [3.8, 4) is 0 Å². The van der Waals surface area contributed by atoms with Crippen molar-refractivity contribution in [3.63, 3.8) is 0 Å². The van der Waals surface area contributed by atoms with Gasteiger partial charge in [-0.1, -0.05) is 24.3 Å². The fourth-order valence-corrected chi connectivity index (χ4v) is 2.03. The van der Waals surface area contributed by atoms with Gasteiger partial charge in [0.1, 0.15) is 0 Å². The molecule has 0 spiro atoms. The number of carbonyl (C=O) groups is 2. The summed E-state index contributed by atoms with van der Waals surface area (Å²) in [6.07, 6.45) is 9.65. The Labute approximate surface area is 120 Å². The van der Waals surface area contributed by atoms with Crippen LogP contribution in [0.4, 0.5) is 0 Å². The minimum absolute atomic E-state index is 0.297. The van der Waals surface area contributed by atoms with Crippen LogP contribution in [0.25, 0.3) is 0 Å². The molecular weight excluding hydrogens is 256 g/mol. The van der Waals surface area contributed by atoms with Gasteiger partial charge in [0.15, 0.2) is 0 Å². The lowest BCUT2D eigenvalue weighted by molar-refractivity contribution is -0.159. The lowest BCUT2D eigenvalue weighted by Gasteiger charge is -2.24. The highest BCUT2D eigenvalue weighted by Gasteiger charge is 2.35. The molecule has 0 aromatic rings. The van der Waals surface area contributed by atoms with Crippen LogP contribution in [0, 0.1) is 11.8 Å². The normalized spacial score (nSPS) is 21.0. The molecule has 4 heteroatoms. The van der Waals surface area contributed by atoms with Gasteiger partial charge in [-0.05, 0) is 25.7 Å². The predicted molar refractivity (Wildman–Crippen MR) is 76.9 cm³/mol. The third-order valence-corrected chi connectivity index (χ3v) is 3.13. The van der Waals surface area contributed by atoms with Gasteiger partial charge in [0, 0.05) is 0 Å². The zero-order valence-electron chi connectivity index (χ0n) is 11.8. The molecule has 20 heavy (non-hydrogen) atoms. The van der Waals surface area contributed by atoms with Crippen LogP contribution < -0.4 is 0 Å². The highest BCUT2D eigenvalue weighted by Crippen LogP contribution is 2.27. The molecule has 0 amide bonds. The first-order valence-corrected chi connectivity index (χ1v) is 6.92. The van der Waals surface area contributed by atoms with Crippen LogP contribution in [-0.2, 0) is 19.1 Å². The summed E-state index contributed by atoms with van der Waals surface area (Å²) in [5.41, 5.74) is 0. The van der Waals surface area contributed by atoms with Crippen molar-refractivity contribution >= 4 is 11.9 Å². The predicted octanol–water partition coefficient (Wildman–Crippen LogP) is 2.81. The quantitative estimate of drug-likeness (QED) is 0.389. The monoisotopic (exact) mass is 278 g/mol. The minimum atomic E-state index is -0.537. The average Bonchev–Trinajstić information content (AvgIpc) is 2.47. The van der Waals surface area contributed by atoms with E-state index in [0.29, 0.717) is 32.5 Å². The number of carbonyl (C=O) groups excluding carboxylic acids is 2. The second-order valence-electron chi connectivity index (χ2n) is 4.63. The molecule has 2 unspecified atom stereocenters. The summed E-state index contributed by atoms with van der Waals surface area (Å²) in [5, 5.41) is 0. The van der Waals surface area contributed by atoms with E-state index in [-0.39, 0.29) is 11.9 Å². The SMILES string of the molecule is C=CCCOC(=O)C1C=CCCC1C(=O)OCCC=C. The van der Waals surface area contributed by atoms with Crippen LogP contribution in [-0.4, -0.2) is 25.2 Å². The van der Waals surface area contributed by atoms with Crippen LogP contribution in [0.1, 0.15) is 25.7 Å². The number of allylic oxidation sites excluding steroid dienone is 1. The Hall–Kier alpha value is -1.84. The Balaban J connectivity index is 2.56. The molecule has 0 aromatic carbocycles. The van der Waals surface area contributed by atoms with Crippen molar-refractivity contribution in [1.82, 2.24) is 0 Å². The first-order chi connectivity index (χ1) is 9.70. The van der Waals surface area contributed by atoms with E-state index in [4.69, 9.17) is 9.47 Å². The minimum Gasteiger partial charge on any atom is -0.465 e. The number of hydrogen-bond donors (Lipinski definition) is 0. The zero-order valence-corrected chi connectivity index (χ0v) is 11.8.